The Hall–Kier alpha value is -3.17. The zero-order valence-corrected chi connectivity index (χ0v) is 17.3. The monoisotopic (exact) mass is 429 g/mol. The van der Waals surface area contributed by atoms with Crippen LogP contribution in [-0.4, -0.2) is 20.6 Å². The molecular formula is C21H23N3O5S. The summed E-state index contributed by atoms with van der Waals surface area (Å²) in [6, 6.07) is 10.1. The number of hydrogen-bond acceptors (Lipinski definition) is 5. The molecule has 0 spiro atoms. The molecule has 2 aromatic rings. The summed E-state index contributed by atoms with van der Waals surface area (Å²) in [5.74, 6) is -1.41. The van der Waals surface area contributed by atoms with Gasteiger partial charge in [-0.2, -0.15) is 0 Å². The Balaban J connectivity index is 2.03. The van der Waals surface area contributed by atoms with Crippen molar-refractivity contribution in [3.8, 4) is 5.75 Å². The Kier molecular flexibility index (Phi) is 6.86. The largest absolute Gasteiger partial charge is 0.422 e. The van der Waals surface area contributed by atoms with E-state index in [4.69, 9.17) is 10.5 Å². The highest BCUT2D eigenvalue weighted by Crippen LogP contribution is 2.36. The van der Waals surface area contributed by atoms with Crippen LogP contribution in [0.3, 0.4) is 0 Å². The van der Waals surface area contributed by atoms with Crippen LogP contribution < -0.4 is 20.5 Å². The molecule has 1 amide bonds. The highest BCUT2D eigenvalue weighted by molar-refractivity contribution is 7.80. The summed E-state index contributed by atoms with van der Waals surface area (Å²) in [5, 5.41) is 3.03. The third-order valence-electron chi connectivity index (χ3n) is 4.69. The molecule has 0 bridgehead atoms. The second kappa shape index (κ2) is 9.55. The average molecular weight is 429 g/mol. The number of nitrogens with two attached hydrogens (primary N) is 1. The van der Waals surface area contributed by atoms with Crippen LogP contribution in [0.1, 0.15) is 41.6 Å². The van der Waals surface area contributed by atoms with Gasteiger partial charge in [0.25, 0.3) is 17.2 Å². The van der Waals surface area contributed by atoms with Gasteiger partial charge in [-0.3, -0.25) is 14.1 Å². The molecule has 8 nitrogen and oxygen atoms in total. The third-order valence-corrected chi connectivity index (χ3v) is 5.08. The summed E-state index contributed by atoms with van der Waals surface area (Å²) in [6.45, 7) is 1.93. The van der Waals surface area contributed by atoms with Crippen molar-refractivity contribution >= 4 is 40.2 Å². The lowest BCUT2D eigenvalue weighted by atomic mass is 10.00. The van der Waals surface area contributed by atoms with Crippen LogP contribution in [0.25, 0.3) is 0 Å². The third kappa shape index (κ3) is 5.25. The smallest absolute Gasteiger partial charge is 0.339 e. The van der Waals surface area contributed by atoms with Gasteiger partial charge in [-0.25, -0.2) is 9.00 Å². The van der Waals surface area contributed by atoms with Crippen molar-refractivity contribution in [3.05, 3.63) is 59.2 Å². The maximum absolute atomic E-state index is 12.5. The summed E-state index contributed by atoms with van der Waals surface area (Å²) in [7, 11) is 0. The molecule has 1 aliphatic rings. The summed E-state index contributed by atoms with van der Waals surface area (Å²) >= 11 is -2.39. The number of carbonyl (C=O) groups excluding carboxylic acids is 2. The van der Waals surface area contributed by atoms with Crippen molar-refractivity contribution in [3.63, 3.8) is 0 Å². The first-order valence-corrected chi connectivity index (χ1v) is 10.5. The normalized spacial score (nSPS) is 14.4. The molecule has 0 aromatic heterocycles. The highest BCUT2D eigenvalue weighted by Gasteiger charge is 2.23. The van der Waals surface area contributed by atoms with Gasteiger partial charge in [0.15, 0.2) is 0 Å². The van der Waals surface area contributed by atoms with E-state index in [9.17, 15) is 18.4 Å². The number of benzene rings is 2. The van der Waals surface area contributed by atoms with E-state index in [1.807, 2.05) is 25.1 Å². The van der Waals surface area contributed by atoms with E-state index in [1.54, 1.807) is 12.1 Å². The molecule has 0 aliphatic heterocycles. The molecule has 3 rings (SSSR count). The molecule has 158 valence electrons. The number of allylic oxidation sites excluding steroid dienone is 1. The minimum absolute atomic E-state index is 0.0251. The quantitative estimate of drug-likeness (QED) is 0.301. The Morgan fingerprint density at radius 3 is 2.47 bits per heavy atom. The number of amides is 1. The van der Waals surface area contributed by atoms with Crippen LogP contribution in [-0.2, 0) is 16.1 Å². The Morgan fingerprint density at radius 2 is 1.87 bits per heavy atom. The number of nitrogens with one attached hydrogen (secondary N) is 2. The van der Waals surface area contributed by atoms with Crippen molar-refractivity contribution in [1.29, 1.82) is 0 Å². The maximum Gasteiger partial charge on any atom is 0.339 e. The number of carbonyl (C=O) groups is 2. The molecule has 0 saturated heterocycles. The second-order valence-electron chi connectivity index (χ2n) is 6.93. The molecule has 30 heavy (non-hydrogen) atoms. The van der Waals surface area contributed by atoms with Gasteiger partial charge in [-0.05, 0) is 56.9 Å². The minimum Gasteiger partial charge on any atom is -0.422 e. The average Bonchev–Trinajstić information content (AvgIpc) is 2.71. The van der Waals surface area contributed by atoms with Gasteiger partial charge in [-0.1, -0.05) is 23.8 Å². The first-order chi connectivity index (χ1) is 14.3. The zero-order valence-electron chi connectivity index (χ0n) is 16.4. The fourth-order valence-electron chi connectivity index (χ4n) is 3.19. The number of esters is 1. The fraction of sp³-hybridized carbons (Fsp3) is 0.238. The molecule has 0 heterocycles. The Morgan fingerprint density at radius 1 is 1.13 bits per heavy atom. The Labute approximate surface area is 176 Å². The first-order valence-electron chi connectivity index (χ1n) is 9.44. The molecule has 2 aromatic carbocycles. The van der Waals surface area contributed by atoms with Crippen molar-refractivity contribution in [1.82, 2.24) is 0 Å². The summed E-state index contributed by atoms with van der Waals surface area (Å²) in [5.41, 5.74) is 8.00. The summed E-state index contributed by atoms with van der Waals surface area (Å²) < 4.78 is 28.4. The molecular weight excluding hydrogens is 406 g/mol. The van der Waals surface area contributed by atoms with Crippen molar-refractivity contribution in [2.24, 2.45) is 5.73 Å². The van der Waals surface area contributed by atoms with E-state index < -0.39 is 23.1 Å². The molecule has 5 N–H and O–H groups in total. The summed E-state index contributed by atoms with van der Waals surface area (Å²) in [4.78, 5) is 24.8. The number of primary amides is 1. The molecule has 0 radical (unpaired) electrons. The minimum atomic E-state index is -2.39. The van der Waals surface area contributed by atoms with Crippen LogP contribution in [0.15, 0.2) is 48.0 Å². The summed E-state index contributed by atoms with van der Waals surface area (Å²) in [6.07, 6.45) is 5.18. The SMILES string of the molecule is Cc1ccc(Nc2c(NS(=O)O)ccc(OC(=O)C3=CCCCC3)c2C(N)=O)cc1. The lowest BCUT2D eigenvalue weighted by molar-refractivity contribution is -0.130. The predicted molar refractivity (Wildman–Crippen MR) is 116 cm³/mol. The zero-order chi connectivity index (χ0) is 21.7. The standard InChI is InChI=1S/C21H23N3O5S/c1-13-7-9-15(10-8-13)23-19-16(24-30(27)28)11-12-17(18(19)20(22)25)29-21(26)14-5-3-2-4-6-14/h5,7-12,23-24H,2-4,6H2,1H3,(H2,22,25)(H,27,28). The van der Waals surface area contributed by atoms with E-state index in [1.165, 1.54) is 12.1 Å². The van der Waals surface area contributed by atoms with E-state index in [0.717, 1.165) is 24.8 Å². The van der Waals surface area contributed by atoms with Crippen LogP contribution in [0.2, 0.25) is 0 Å². The number of hydrogen-bond donors (Lipinski definition) is 4. The van der Waals surface area contributed by atoms with E-state index in [-0.39, 0.29) is 22.7 Å². The predicted octanol–water partition coefficient (Wildman–Crippen LogP) is 3.79. The topological polar surface area (TPSA) is 131 Å². The Bertz CT molecular complexity index is 1020. The van der Waals surface area contributed by atoms with Gasteiger partial charge in [0, 0.05) is 11.3 Å². The van der Waals surface area contributed by atoms with Crippen LogP contribution in [0.5, 0.6) is 5.75 Å². The van der Waals surface area contributed by atoms with Crippen molar-refractivity contribution in [2.45, 2.75) is 32.6 Å². The van der Waals surface area contributed by atoms with Crippen LogP contribution >= 0.6 is 0 Å². The first kappa shape index (κ1) is 21.5. The number of anilines is 3. The lowest BCUT2D eigenvalue weighted by Crippen LogP contribution is -2.20. The van der Waals surface area contributed by atoms with E-state index in [0.29, 0.717) is 17.7 Å². The number of aryl methyl sites for hydroxylation is 1. The molecule has 9 heteroatoms. The molecule has 1 unspecified atom stereocenters. The van der Waals surface area contributed by atoms with Gasteiger partial charge in [0.05, 0.1) is 11.4 Å². The van der Waals surface area contributed by atoms with Gasteiger partial charge >= 0.3 is 5.97 Å². The lowest BCUT2D eigenvalue weighted by Gasteiger charge is -2.19. The van der Waals surface area contributed by atoms with Crippen molar-refractivity contribution in [2.75, 3.05) is 10.0 Å². The fourth-order valence-corrected chi connectivity index (χ4v) is 3.55. The van der Waals surface area contributed by atoms with Crippen molar-refractivity contribution < 1.29 is 23.1 Å². The van der Waals surface area contributed by atoms with Gasteiger partial charge in [0.2, 0.25) is 0 Å². The molecule has 1 atom stereocenters. The van der Waals surface area contributed by atoms with E-state index >= 15 is 0 Å². The number of rotatable bonds is 7. The van der Waals surface area contributed by atoms with Crippen LogP contribution in [0, 0.1) is 6.92 Å². The van der Waals surface area contributed by atoms with Crippen LogP contribution in [0.4, 0.5) is 17.1 Å². The van der Waals surface area contributed by atoms with Gasteiger partial charge in [0.1, 0.15) is 11.3 Å². The molecule has 0 fully saturated rings. The second-order valence-corrected chi connectivity index (χ2v) is 7.63. The highest BCUT2D eigenvalue weighted by atomic mass is 32.2. The number of ether oxygens (including phenoxy) is 1. The van der Waals surface area contributed by atoms with Gasteiger partial charge < -0.3 is 15.8 Å². The van der Waals surface area contributed by atoms with E-state index in [2.05, 4.69) is 10.0 Å². The molecule has 1 aliphatic carbocycles. The maximum atomic E-state index is 12.5. The molecule has 0 saturated carbocycles. The van der Waals surface area contributed by atoms with Gasteiger partial charge in [-0.15, -0.1) is 0 Å².